The van der Waals surface area contributed by atoms with Gasteiger partial charge in [0, 0.05) is 22.7 Å². The Bertz CT molecular complexity index is 842. The van der Waals surface area contributed by atoms with Crippen LogP contribution in [0.25, 0.3) is 0 Å². The number of nitrogens with one attached hydrogen (secondary N) is 1. The lowest BCUT2D eigenvalue weighted by molar-refractivity contribution is -0.385. The SMILES string of the molecule is O=C(COc1cc(Cl)ccc1Cl)N/N=C/c1ccc(O)c([N+](=O)[O-])c1. The molecule has 0 unspecified atom stereocenters. The molecule has 0 heterocycles. The number of hydrogen-bond donors (Lipinski definition) is 2. The minimum absolute atomic E-state index is 0.252. The number of rotatable bonds is 6. The Labute approximate surface area is 151 Å². The lowest BCUT2D eigenvalue weighted by atomic mass is 10.2. The molecule has 0 aliphatic carbocycles. The highest BCUT2D eigenvalue weighted by molar-refractivity contribution is 6.34. The fraction of sp³-hybridized carbons (Fsp3) is 0.0667. The number of ether oxygens (including phenoxy) is 1. The zero-order valence-corrected chi connectivity index (χ0v) is 14.0. The van der Waals surface area contributed by atoms with Gasteiger partial charge in [-0.1, -0.05) is 23.2 Å². The van der Waals surface area contributed by atoms with Crippen molar-refractivity contribution in [1.82, 2.24) is 5.43 Å². The summed E-state index contributed by atoms with van der Waals surface area (Å²) < 4.78 is 5.22. The molecule has 0 aliphatic rings. The van der Waals surface area contributed by atoms with Gasteiger partial charge in [-0.3, -0.25) is 14.9 Å². The number of benzene rings is 2. The van der Waals surface area contributed by atoms with Crippen molar-refractivity contribution in [2.45, 2.75) is 0 Å². The monoisotopic (exact) mass is 383 g/mol. The molecule has 1 amide bonds. The summed E-state index contributed by atoms with van der Waals surface area (Å²) in [5.41, 5.74) is 2.05. The van der Waals surface area contributed by atoms with Crippen LogP contribution in [0, 0.1) is 10.1 Å². The lowest BCUT2D eigenvalue weighted by Crippen LogP contribution is -2.24. The number of hydrazone groups is 1. The Morgan fingerprint density at radius 1 is 1.32 bits per heavy atom. The molecule has 0 fully saturated rings. The summed E-state index contributed by atoms with van der Waals surface area (Å²) in [5.74, 6) is -0.777. The van der Waals surface area contributed by atoms with Gasteiger partial charge in [-0.05, 0) is 24.3 Å². The van der Waals surface area contributed by atoms with E-state index in [-0.39, 0.29) is 12.4 Å². The summed E-state index contributed by atoms with van der Waals surface area (Å²) in [6.45, 7) is -0.354. The van der Waals surface area contributed by atoms with Crippen molar-refractivity contribution < 1.29 is 19.6 Å². The first-order valence-corrected chi connectivity index (χ1v) is 7.49. The standard InChI is InChI=1S/C15H11Cl2N3O5/c16-10-2-3-11(17)14(6-10)25-8-15(22)19-18-7-9-1-4-13(21)12(5-9)20(23)24/h1-7,21H,8H2,(H,19,22)/b18-7+. The van der Waals surface area contributed by atoms with E-state index in [4.69, 9.17) is 27.9 Å². The third kappa shape index (κ3) is 5.33. The van der Waals surface area contributed by atoms with E-state index in [9.17, 15) is 20.0 Å². The maximum atomic E-state index is 11.7. The van der Waals surface area contributed by atoms with E-state index in [1.54, 1.807) is 6.07 Å². The van der Waals surface area contributed by atoms with Gasteiger partial charge in [0.2, 0.25) is 0 Å². The van der Waals surface area contributed by atoms with E-state index in [1.807, 2.05) is 0 Å². The summed E-state index contributed by atoms with van der Waals surface area (Å²) in [4.78, 5) is 21.7. The van der Waals surface area contributed by atoms with Crippen LogP contribution in [-0.2, 0) is 4.79 Å². The molecule has 0 spiro atoms. The van der Waals surface area contributed by atoms with Gasteiger partial charge >= 0.3 is 5.69 Å². The Morgan fingerprint density at radius 2 is 2.08 bits per heavy atom. The molecule has 2 N–H and O–H groups in total. The number of nitrogens with zero attached hydrogens (tertiary/aromatic N) is 2. The average Bonchev–Trinajstić information content (AvgIpc) is 2.57. The molecule has 2 aromatic rings. The second-order valence-corrected chi connectivity index (χ2v) is 5.51. The van der Waals surface area contributed by atoms with Crippen molar-refractivity contribution in [2.24, 2.45) is 5.10 Å². The highest BCUT2D eigenvalue weighted by Crippen LogP contribution is 2.27. The number of carbonyl (C=O) groups excluding carboxylic acids is 1. The van der Waals surface area contributed by atoms with Crippen LogP contribution in [0.15, 0.2) is 41.5 Å². The molecule has 0 bridgehead atoms. The van der Waals surface area contributed by atoms with E-state index < -0.39 is 22.3 Å². The van der Waals surface area contributed by atoms with Crippen LogP contribution >= 0.6 is 23.2 Å². The fourth-order valence-electron chi connectivity index (χ4n) is 1.71. The van der Waals surface area contributed by atoms with E-state index in [0.29, 0.717) is 15.6 Å². The molecule has 25 heavy (non-hydrogen) atoms. The molecule has 2 aromatic carbocycles. The van der Waals surface area contributed by atoms with E-state index in [1.165, 1.54) is 24.4 Å². The van der Waals surface area contributed by atoms with Crippen molar-refractivity contribution in [3.8, 4) is 11.5 Å². The molecular weight excluding hydrogens is 373 g/mol. The van der Waals surface area contributed by atoms with Gasteiger partial charge in [0.15, 0.2) is 12.4 Å². The molecule has 0 saturated heterocycles. The summed E-state index contributed by atoms with van der Waals surface area (Å²) in [6.07, 6.45) is 1.19. The minimum Gasteiger partial charge on any atom is -0.502 e. The predicted octanol–water partition coefficient (Wildman–Crippen LogP) is 3.14. The van der Waals surface area contributed by atoms with Gasteiger partial charge in [-0.25, -0.2) is 5.43 Å². The van der Waals surface area contributed by atoms with Crippen molar-refractivity contribution in [3.05, 3.63) is 62.1 Å². The largest absolute Gasteiger partial charge is 0.502 e. The van der Waals surface area contributed by atoms with Crippen molar-refractivity contribution in [2.75, 3.05) is 6.61 Å². The van der Waals surface area contributed by atoms with Crippen LogP contribution in [0.5, 0.6) is 11.5 Å². The first kappa shape index (κ1) is 18.5. The van der Waals surface area contributed by atoms with E-state index in [0.717, 1.165) is 12.1 Å². The molecule has 8 nitrogen and oxygen atoms in total. The summed E-state index contributed by atoms with van der Waals surface area (Å²) in [7, 11) is 0. The Morgan fingerprint density at radius 3 is 2.80 bits per heavy atom. The zero-order valence-electron chi connectivity index (χ0n) is 12.5. The Kier molecular flexibility index (Phi) is 6.15. The summed E-state index contributed by atoms with van der Waals surface area (Å²) >= 11 is 11.7. The molecule has 0 radical (unpaired) electrons. The van der Waals surface area contributed by atoms with Crippen molar-refractivity contribution in [1.29, 1.82) is 0 Å². The number of phenolic OH excluding ortho intramolecular Hbond substituents is 1. The fourth-order valence-corrected chi connectivity index (χ4v) is 2.04. The first-order chi connectivity index (χ1) is 11.9. The van der Waals surface area contributed by atoms with Crippen LogP contribution in [0.4, 0.5) is 5.69 Å². The molecule has 0 aliphatic heterocycles. The number of amides is 1. The number of halogens is 2. The number of carbonyl (C=O) groups is 1. The van der Waals surface area contributed by atoms with E-state index in [2.05, 4.69) is 10.5 Å². The highest BCUT2D eigenvalue weighted by atomic mass is 35.5. The molecule has 0 atom stereocenters. The molecular formula is C15H11Cl2N3O5. The molecule has 0 saturated carbocycles. The quantitative estimate of drug-likeness (QED) is 0.451. The van der Waals surface area contributed by atoms with Gasteiger partial charge in [0.05, 0.1) is 16.2 Å². The molecule has 2 rings (SSSR count). The summed E-state index contributed by atoms with van der Waals surface area (Å²) in [5, 5.41) is 24.4. The van der Waals surface area contributed by atoms with Crippen molar-refractivity contribution >= 4 is 41.0 Å². The number of hydrogen-bond acceptors (Lipinski definition) is 6. The van der Waals surface area contributed by atoms with Gasteiger partial charge in [0.25, 0.3) is 5.91 Å². The Hall–Kier alpha value is -2.84. The van der Waals surface area contributed by atoms with Gasteiger partial charge in [0.1, 0.15) is 5.75 Å². The molecule has 10 heteroatoms. The summed E-state index contributed by atoms with van der Waals surface area (Å²) in [6, 6.07) is 8.26. The van der Waals surface area contributed by atoms with Gasteiger partial charge < -0.3 is 9.84 Å². The number of nitro groups is 1. The molecule has 0 aromatic heterocycles. The first-order valence-electron chi connectivity index (χ1n) is 6.74. The predicted molar refractivity (Wildman–Crippen MR) is 92.5 cm³/mol. The van der Waals surface area contributed by atoms with Crippen LogP contribution in [0.3, 0.4) is 0 Å². The third-order valence-corrected chi connectivity index (χ3v) is 3.40. The lowest BCUT2D eigenvalue weighted by Gasteiger charge is -2.07. The molecule has 130 valence electrons. The van der Waals surface area contributed by atoms with Crippen LogP contribution in [0.1, 0.15) is 5.56 Å². The van der Waals surface area contributed by atoms with Crippen molar-refractivity contribution in [3.63, 3.8) is 0 Å². The second-order valence-electron chi connectivity index (χ2n) is 4.66. The third-order valence-electron chi connectivity index (χ3n) is 2.85. The normalized spacial score (nSPS) is 10.6. The topological polar surface area (TPSA) is 114 Å². The van der Waals surface area contributed by atoms with Crippen LogP contribution in [0.2, 0.25) is 10.0 Å². The van der Waals surface area contributed by atoms with E-state index >= 15 is 0 Å². The van der Waals surface area contributed by atoms with Crippen LogP contribution in [-0.4, -0.2) is 28.8 Å². The van der Waals surface area contributed by atoms with Gasteiger partial charge in [-0.2, -0.15) is 5.10 Å². The second kappa shape index (κ2) is 8.32. The number of nitro benzene ring substituents is 1. The number of phenols is 1. The Balaban J connectivity index is 1.91. The minimum atomic E-state index is -0.728. The smallest absolute Gasteiger partial charge is 0.311 e. The average molecular weight is 384 g/mol. The maximum Gasteiger partial charge on any atom is 0.311 e. The maximum absolute atomic E-state index is 11.7. The van der Waals surface area contributed by atoms with Gasteiger partial charge in [-0.15, -0.1) is 0 Å². The zero-order chi connectivity index (χ0) is 18.4. The van der Waals surface area contributed by atoms with Crippen LogP contribution < -0.4 is 10.2 Å². The number of aromatic hydroxyl groups is 1. The highest BCUT2D eigenvalue weighted by Gasteiger charge is 2.12.